The molecule has 1 atom stereocenters. The molecular weight excluding hydrogens is 344 g/mol. The highest BCUT2D eigenvalue weighted by atomic mass is 16.2. The van der Waals surface area contributed by atoms with Crippen molar-refractivity contribution >= 4 is 17.7 Å². The summed E-state index contributed by atoms with van der Waals surface area (Å²) in [4.78, 5) is 47.1. The van der Waals surface area contributed by atoms with Crippen molar-refractivity contribution in [1.29, 1.82) is 0 Å². The molecule has 2 aliphatic heterocycles. The molecule has 7 nitrogen and oxygen atoms in total. The third kappa shape index (κ3) is 3.82. The Bertz CT molecular complexity index is 717. The van der Waals surface area contributed by atoms with Crippen LogP contribution < -0.4 is 0 Å². The Labute approximate surface area is 159 Å². The minimum Gasteiger partial charge on any atom is -0.337 e. The van der Waals surface area contributed by atoms with Gasteiger partial charge in [0.2, 0.25) is 17.7 Å². The molecule has 0 N–H and O–H groups in total. The number of hydrogen-bond donors (Lipinski definition) is 0. The molecule has 1 saturated carbocycles. The van der Waals surface area contributed by atoms with Gasteiger partial charge in [-0.15, -0.1) is 0 Å². The first kappa shape index (κ1) is 17.9. The molecule has 0 unspecified atom stereocenters. The maximum atomic E-state index is 12.9. The van der Waals surface area contributed by atoms with E-state index in [-0.39, 0.29) is 36.6 Å². The summed E-state index contributed by atoms with van der Waals surface area (Å²) >= 11 is 0. The maximum absolute atomic E-state index is 12.9. The predicted molar refractivity (Wildman–Crippen MR) is 98.3 cm³/mol. The van der Waals surface area contributed by atoms with Gasteiger partial charge in [-0.1, -0.05) is 18.9 Å². The molecule has 3 fully saturated rings. The fourth-order valence-electron chi connectivity index (χ4n) is 4.54. The molecule has 27 heavy (non-hydrogen) atoms. The molecule has 3 amide bonds. The normalized spacial score (nSPS) is 24.1. The molecule has 1 aliphatic carbocycles. The van der Waals surface area contributed by atoms with E-state index in [1.54, 1.807) is 22.2 Å². The predicted octanol–water partition coefficient (Wildman–Crippen LogP) is 1.04. The first-order valence-electron chi connectivity index (χ1n) is 9.87. The molecule has 0 aromatic carbocycles. The number of amides is 3. The SMILES string of the molecule is O=C1C[C@@H](C(=O)N2CCN(C3CCCC3)C(=O)C2)CN1Cc1cccnc1. The smallest absolute Gasteiger partial charge is 0.242 e. The van der Waals surface area contributed by atoms with Gasteiger partial charge in [-0.05, 0) is 24.5 Å². The third-order valence-corrected chi connectivity index (χ3v) is 5.99. The van der Waals surface area contributed by atoms with E-state index < -0.39 is 0 Å². The number of likely N-dealkylation sites (tertiary alicyclic amines) is 1. The topological polar surface area (TPSA) is 73.8 Å². The van der Waals surface area contributed by atoms with E-state index in [0.29, 0.717) is 32.2 Å². The summed E-state index contributed by atoms with van der Waals surface area (Å²) in [5, 5.41) is 0. The van der Waals surface area contributed by atoms with Crippen LogP contribution in [-0.4, -0.2) is 69.6 Å². The molecule has 2 saturated heterocycles. The van der Waals surface area contributed by atoms with E-state index in [0.717, 1.165) is 18.4 Å². The monoisotopic (exact) mass is 370 g/mol. The Hall–Kier alpha value is -2.44. The van der Waals surface area contributed by atoms with Crippen molar-refractivity contribution < 1.29 is 14.4 Å². The zero-order valence-corrected chi connectivity index (χ0v) is 15.5. The van der Waals surface area contributed by atoms with Crippen LogP contribution in [0.5, 0.6) is 0 Å². The molecular formula is C20H26N4O3. The van der Waals surface area contributed by atoms with Crippen LogP contribution >= 0.6 is 0 Å². The number of hydrogen-bond acceptors (Lipinski definition) is 4. The van der Waals surface area contributed by atoms with Crippen molar-refractivity contribution in [1.82, 2.24) is 19.7 Å². The van der Waals surface area contributed by atoms with Gasteiger partial charge in [-0.3, -0.25) is 19.4 Å². The number of rotatable bonds is 4. The van der Waals surface area contributed by atoms with Crippen molar-refractivity contribution in [2.24, 2.45) is 5.92 Å². The highest BCUT2D eigenvalue weighted by molar-refractivity contribution is 5.92. The molecule has 0 radical (unpaired) electrons. The first-order valence-corrected chi connectivity index (χ1v) is 9.87. The molecule has 0 spiro atoms. The number of piperazine rings is 1. The second kappa shape index (κ2) is 7.66. The van der Waals surface area contributed by atoms with Crippen molar-refractivity contribution in [2.75, 3.05) is 26.2 Å². The van der Waals surface area contributed by atoms with Crippen LogP contribution in [0.4, 0.5) is 0 Å². The molecule has 4 rings (SSSR count). The number of aromatic nitrogens is 1. The Morgan fingerprint density at radius 2 is 1.96 bits per heavy atom. The van der Waals surface area contributed by atoms with Gasteiger partial charge in [0.05, 0.1) is 12.5 Å². The Morgan fingerprint density at radius 3 is 2.67 bits per heavy atom. The summed E-state index contributed by atoms with van der Waals surface area (Å²) in [5.74, 6) is -0.359. The summed E-state index contributed by atoms with van der Waals surface area (Å²) in [6, 6.07) is 4.13. The second-order valence-corrected chi connectivity index (χ2v) is 7.82. The van der Waals surface area contributed by atoms with Gasteiger partial charge >= 0.3 is 0 Å². The van der Waals surface area contributed by atoms with Crippen molar-refractivity contribution in [3.63, 3.8) is 0 Å². The third-order valence-electron chi connectivity index (χ3n) is 5.99. The molecule has 144 valence electrons. The fourth-order valence-corrected chi connectivity index (χ4v) is 4.54. The Kier molecular flexibility index (Phi) is 5.09. The standard InChI is InChI=1S/C20H26N4O3/c25-18-10-16(13-23(18)12-15-4-3-7-21-11-15)20(27)22-8-9-24(19(26)14-22)17-5-1-2-6-17/h3-4,7,11,16-17H,1-2,5-6,8-10,12-14H2/t16-/m1/s1. The van der Waals surface area contributed by atoms with E-state index >= 15 is 0 Å². The average molecular weight is 370 g/mol. The van der Waals surface area contributed by atoms with Crippen LogP contribution in [0.25, 0.3) is 0 Å². The van der Waals surface area contributed by atoms with Gasteiger partial charge in [0.25, 0.3) is 0 Å². The quantitative estimate of drug-likeness (QED) is 0.794. The van der Waals surface area contributed by atoms with Crippen LogP contribution in [-0.2, 0) is 20.9 Å². The Morgan fingerprint density at radius 1 is 1.15 bits per heavy atom. The lowest BCUT2D eigenvalue weighted by atomic mass is 10.1. The van der Waals surface area contributed by atoms with E-state index in [9.17, 15) is 14.4 Å². The first-order chi connectivity index (χ1) is 13.1. The number of pyridine rings is 1. The van der Waals surface area contributed by atoms with E-state index in [2.05, 4.69) is 4.98 Å². The van der Waals surface area contributed by atoms with Crippen molar-refractivity contribution in [3.05, 3.63) is 30.1 Å². The maximum Gasteiger partial charge on any atom is 0.242 e. The van der Waals surface area contributed by atoms with E-state index in [1.165, 1.54) is 12.8 Å². The summed E-state index contributed by atoms with van der Waals surface area (Å²) in [6.45, 7) is 2.25. The molecule has 1 aromatic heterocycles. The lowest BCUT2D eigenvalue weighted by Gasteiger charge is -2.38. The molecule has 3 heterocycles. The molecule has 3 aliphatic rings. The number of carbonyl (C=O) groups is 3. The van der Waals surface area contributed by atoms with Gasteiger partial charge in [0.1, 0.15) is 0 Å². The number of nitrogens with zero attached hydrogens (tertiary/aromatic N) is 4. The van der Waals surface area contributed by atoms with Crippen molar-refractivity contribution in [3.8, 4) is 0 Å². The van der Waals surface area contributed by atoms with Crippen LogP contribution in [0.1, 0.15) is 37.7 Å². The highest BCUT2D eigenvalue weighted by Crippen LogP contribution is 2.26. The highest BCUT2D eigenvalue weighted by Gasteiger charge is 2.39. The largest absolute Gasteiger partial charge is 0.337 e. The van der Waals surface area contributed by atoms with Crippen LogP contribution in [0.2, 0.25) is 0 Å². The second-order valence-electron chi connectivity index (χ2n) is 7.82. The van der Waals surface area contributed by atoms with Crippen LogP contribution in [0.3, 0.4) is 0 Å². The fraction of sp³-hybridized carbons (Fsp3) is 0.600. The van der Waals surface area contributed by atoms with Gasteiger partial charge < -0.3 is 14.7 Å². The minimum atomic E-state index is -0.347. The zero-order valence-electron chi connectivity index (χ0n) is 15.5. The summed E-state index contributed by atoms with van der Waals surface area (Å²) in [6.07, 6.45) is 8.21. The number of carbonyl (C=O) groups excluding carboxylic acids is 3. The lowest BCUT2D eigenvalue weighted by molar-refractivity contribution is -0.149. The summed E-state index contributed by atoms with van der Waals surface area (Å²) in [7, 11) is 0. The minimum absolute atomic E-state index is 0.00637. The van der Waals surface area contributed by atoms with Crippen molar-refractivity contribution in [2.45, 2.75) is 44.7 Å². The average Bonchev–Trinajstić information content (AvgIpc) is 3.32. The van der Waals surface area contributed by atoms with Crippen LogP contribution in [0.15, 0.2) is 24.5 Å². The molecule has 0 bridgehead atoms. The zero-order chi connectivity index (χ0) is 18.8. The van der Waals surface area contributed by atoms with E-state index in [1.807, 2.05) is 17.0 Å². The van der Waals surface area contributed by atoms with Gasteiger partial charge in [-0.2, -0.15) is 0 Å². The van der Waals surface area contributed by atoms with Gasteiger partial charge in [0, 0.05) is 51.0 Å². The van der Waals surface area contributed by atoms with Gasteiger partial charge in [-0.25, -0.2) is 0 Å². The summed E-state index contributed by atoms with van der Waals surface area (Å²) < 4.78 is 0. The van der Waals surface area contributed by atoms with E-state index in [4.69, 9.17) is 0 Å². The van der Waals surface area contributed by atoms with Crippen LogP contribution in [0, 0.1) is 5.92 Å². The molecule has 7 heteroatoms. The lowest BCUT2D eigenvalue weighted by Crippen LogP contribution is -2.56. The summed E-state index contributed by atoms with van der Waals surface area (Å²) in [5.41, 5.74) is 0.958. The Balaban J connectivity index is 1.33. The molecule has 1 aromatic rings. The van der Waals surface area contributed by atoms with Gasteiger partial charge in [0.15, 0.2) is 0 Å².